The molecule has 0 aliphatic heterocycles. The van der Waals surface area contributed by atoms with E-state index in [-0.39, 0.29) is 5.75 Å². The number of nitrogens with two attached hydrogens (primary N) is 1. The number of hydrogen-bond donors (Lipinski definition) is 2. The molecule has 16 heavy (non-hydrogen) atoms. The Bertz CT molecular complexity index is 537. The molecule has 3 heteroatoms. The molecule has 0 atom stereocenters. The van der Waals surface area contributed by atoms with Crippen molar-refractivity contribution in [3.05, 3.63) is 47.0 Å². The summed E-state index contributed by atoms with van der Waals surface area (Å²) in [6.45, 7) is 1.98. The Kier molecular flexibility index (Phi) is 2.75. The van der Waals surface area contributed by atoms with Gasteiger partial charge in [-0.2, -0.15) is 0 Å². The number of phenols is 1. The Balaban J connectivity index is 2.54. The second kappa shape index (κ2) is 4.06. The summed E-state index contributed by atoms with van der Waals surface area (Å²) in [5, 5.41) is 10.2. The van der Waals surface area contributed by atoms with E-state index in [9.17, 15) is 5.11 Å². The Morgan fingerprint density at radius 3 is 2.50 bits per heavy atom. The zero-order chi connectivity index (χ0) is 11.7. The van der Waals surface area contributed by atoms with Crippen LogP contribution in [0.2, 0.25) is 5.02 Å². The molecule has 0 aromatic heterocycles. The number of nitrogen functional groups attached to an aromatic ring is 1. The summed E-state index contributed by atoms with van der Waals surface area (Å²) < 4.78 is 0. The molecule has 0 radical (unpaired) electrons. The van der Waals surface area contributed by atoms with Gasteiger partial charge in [-0.3, -0.25) is 0 Å². The Morgan fingerprint density at radius 1 is 1.12 bits per heavy atom. The van der Waals surface area contributed by atoms with Gasteiger partial charge in [-0.1, -0.05) is 29.8 Å². The van der Waals surface area contributed by atoms with Crippen molar-refractivity contribution < 1.29 is 5.11 Å². The largest absolute Gasteiger partial charge is 0.506 e. The minimum absolute atomic E-state index is 0.0779. The van der Waals surface area contributed by atoms with Crippen LogP contribution in [0.1, 0.15) is 5.56 Å². The molecule has 82 valence electrons. The van der Waals surface area contributed by atoms with E-state index in [1.807, 2.05) is 31.2 Å². The summed E-state index contributed by atoms with van der Waals surface area (Å²) in [5.74, 6) is 0.0779. The lowest BCUT2D eigenvalue weighted by Gasteiger charge is -2.07. The van der Waals surface area contributed by atoms with Crippen LogP contribution in [-0.2, 0) is 0 Å². The highest BCUT2D eigenvalue weighted by Gasteiger charge is 2.05. The molecule has 0 heterocycles. The van der Waals surface area contributed by atoms with Gasteiger partial charge < -0.3 is 10.8 Å². The monoisotopic (exact) mass is 233 g/mol. The molecule has 0 amide bonds. The van der Waals surface area contributed by atoms with Gasteiger partial charge in [0.15, 0.2) is 0 Å². The van der Waals surface area contributed by atoms with Gasteiger partial charge in [0.2, 0.25) is 0 Å². The average molecular weight is 234 g/mol. The number of halogens is 1. The van der Waals surface area contributed by atoms with Gasteiger partial charge in [0, 0.05) is 10.6 Å². The molecule has 2 aromatic rings. The fourth-order valence-corrected chi connectivity index (χ4v) is 1.91. The Morgan fingerprint density at radius 2 is 1.88 bits per heavy atom. The first-order chi connectivity index (χ1) is 7.58. The zero-order valence-electron chi connectivity index (χ0n) is 8.87. The molecule has 0 saturated carbocycles. The van der Waals surface area contributed by atoms with E-state index in [1.165, 1.54) is 0 Å². The van der Waals surface area contributed by atoms with E-state index in [0.29, 0.717) is 10.7 Å². The van der Waals surface area contributed by atoms with Gasteiger partial charge in [-0.15, -0.1) is 0 Å². The smallest absolute Gasteiger partial charge is 0.139 e. The lowest BCUT2D eigenvalue weighted by molar-refractivity contribution is 0.478. The number of aromatic hydroxyl groups is 1. The molecule has 0 fully saturated rings. The van der Waals surface area contributed by atoms with Crippen LogP contribution < -0.4 is 5.73 Å². The van der Waals surface area contributed by atoms with Crippen LogP contribution in [0, 0.1) is 6.92 Å². The molecule has 2 aromatic carbocycles. The van der Waals surface area contributed by atoms with Crippen LogP contribution in [0.3, 0.4) is 0 Å². The number of hydrogen-bond acceptors (Lipinski definition) is 2. The topological polar surface area (TPSA) is 46.2 Å². The summed E-state index contributed by atoms with van der Waals surface area (Å²) in [7, 11) is 0. The van der Waals surface area contributed by atoms with Crippen molar-refractivity contribution in [1.29, 1.82) is 0 Å². The number of benzene rings is 2. The minimum atomic E-state index is 0.0779. The quantitative estimate of drug-likeness (QED) is 0.584. The fourth-order valence-electron chi connectivity index (χ4n) is 1.57. The molecule has 0 bridgehead atoms. The van der Waals surface area contributed by atoms with E-state index in [2.05, 4.69) is 0 Å². The molecular weight excluding hydrogens is 222 g/mol. The summed E-state index contributed by atoms with van der Waals surface area (Å²) in [6, 6.07) is 10.9. The highest BCUT2D eigenvalue weighted by atomic mass is 35.5. The molecule has 2 nitrogen and oxygen atoms in total. The van der Waals surface area contributed by atoms with Crippen LogP contribution in [0.15, 0.2) is 36.4 Å². The Hall–Kier alpha value is -1.67. The summed E-state index contributed by atoms with van der Waals surface area (Å²) in [4.78, 5) is 0. The predicted octanol–water partition coefficient (Wildman–Crippen LogP) is 3.60. The SMILES string of the molecule is Cc1ccc(-c2ccc(N)c(O)c2)c(Cl)c1. The predicted molar refractivity (Wildman–Crippen MR) is 67.7 cm³/mol. The molecule has 0 aliphatic rings. The van der Waals surface area contributed by atoms with Crippen molar-refractivity contribution in [3.8, 4) is 16.9 Å². The normalized spacial score (nSPS) is 10.4. The number of aryl methyl sites for hydroxylation is 1. The second-order valence-electron chi connectivity index (χ2n) is 3.76. The third-order valence-corrected chi connectivity index (χ3v) is 2.78. The van der Waals surface area contributed by atoms with E-state index in [0.717, 1.165) is 16.7 Å². The molecule has 0 aliphatic carbocycles. The van der Waals surface area contributed by atoms with Gasteiger partial charge in [-0.25, -0.2) is 0 Å². The van der Waals surface area contributed by atoms with Crippen molar-refractivity contribution in [2.24, 2.45) is 0 Å². The van der Waals surface area contributed by atoms with E-state index < -0.39 is 0 Å². The number of anilines is 1. The van der Waals surface area contributed by atoms with Crippen LogP contribution in [-0.4, -0.2) is 5.11 Å². The lowest BCUT2D eigenvalue weighted by Crippen LogP contribution is -1.87. The molecule has 3 N–H and O–H groups in total. The van der Waals surface area contributed by atoms with Crippen molar-refractivity contribution in [3.63, 3.8) is 0 Å². The van der Waals surface area contributed by atoms with E-state index in [4.69, 9.17) is 17.3 Å². The Labute approximate surface area is 99.3 Å². The first-order valence-corrected chi connectivity index (χ1v) is 5.31. The first-order valence-electron chi connectivity index (χ1n) is 4.93. The zero-order valence-corrected chi connectivity index (χ0v) is 9.62. The van der Waals surface area contributed by atoms with Crippen molar-refractivity contribution in [2.75, 3.05) is 5.73 Å². The lowest BCUT2D eigenvalue weighted by atomic mass is 10.0. The molecule has 0 spiro atoms. The maximum atomic E-state index is 9.54. The van der Waals surface area contributed by atoms with Gasteiger partial charge >= 0.3 is 0 Å². The van der Waals surface area contributed by atoms with Crippen LogP contribution in [0.5, 0.6) is 5.75 Å². The first kappa shape index (κ1) is 10.8. The van der Waals surface area contributed by atoms with Gasteiger partial charge in [0.25, 0.3) is 0 Å². The van der Waals surface area contributed by atoms with Crippen LogP contribution in [0.4, 0.5) is 5.69 Å². The molecular formula is C13H12ClNO. The highest BCUT2D eigenvalue weighted by Crippen LogP contribution is 2.32. The van der Waals surface area contributed by atoms with Crippen LogP contribution >= 0.6 is 11.6 Å². The van der Waals surface area contributed by atoms with E-state index >= 15 is 0 Å². The summed E-state index contributed by atoms with van der Waals surface area (Å²) in [6.07, 6.45) is 0. The average Bonchev–Trinajstić information content (AvgIpc) is 2.22. The molecule has 2 rings (SSSR count). The third-order valence-electron chi connectivity index (χ3n) is 2.47. The number of rotatable bonds is 1. The maximum Gasteiger partial charge on any atom is 0.139 e. The van der Waals surface area contributed by atoms with Gasteiger partial charge in [0.1, 0.15) is 5.75 Å². The van der Waals surface area contributed by atoms with E-state index in [1.54, 1.807) is 12.1 Å². The van der Waals surface area contributed by atoms with Gasteiger partial charge in [0.05, 0.1) is 5.69 Å². The minimum Gasteiger partial charge on any atom is -0.506 e. The highest BCUT2D eigenvalue weighted by molar-refractivity contribution is 6.33. The third kappa shape index (κ3) is 1.97. The molecule has 0 saturated heterocycles. The fraction of sp³-hybridized carbons (Fsp3) is 0.0769. The summed E-state index contributed by atoms with van der Waals surface area (Å²) >= 11 is 6.14. The second-order valence-corrected chi connectivity index (χ2v) is 4.16. The van der Waals surface area contributed by atoms with Crippen LogP contribution in [0.25, 0.3) is 11.1 Å². The van der Waals surface area contributed by atoms with Crippen molar-refractivity contribution in [1.82, 2.24) is 0 Å². The summed E-state index contributed by atoms with van der Waals surface area (Å²) in [5.41, 5.74) is 8.77. The number of phenolic OH excluding ortho intramolecular Hbond substituents is 1. The molecule has 0 unspecified atom stereocenters. The van der Waals surface area contributed by atoms with Gasteiger partial charge in [-0.05, 0) is 36.2 Å². The maximum absolute atomic E-state index is 9.54. The van der Waals surface area contributed by atoms with Crippen molar-refractivity contribution >= 4 is 17.3 Å². The standard InChI is InChI=1S/C13H12ClNO/c1-8-2-4-10(11(14)6-8)9-3-5-12(15)13(16)7-9/h2-7,16H,15H2,1H3. The van der Waals surface area contributed by atoms with Crippen molar-refractivity contribution in [2.45, 2.75) is 6.92 Å².